The van der Waals surface area contributed by atoms with Gasteiger partial charge in [-0.25, -0.2) is 0 Å². The van der Waals surface area contributed by atoms with Crippen molar-refractivity contribution in [2.24, 2.45) is 0 Å². The van der Waals surface area contributed by atoms with Gasteiger partial charge in [-0.15, -0.1) is 0 Å². The number of aromatic amines is 1. The average molecular weight is 384 g/mol. The third-order valence-electron chi connectivity index (χ3n) is 5.14. The molecule has 0 unspecified atom stereocenters. The number of H-pyrrole nitrogens is 1. The zero-order valence-corrected chi connectivity index (χ0v) is 15.7. The van der Waals surface area contributed by atoms with Crippen LogP contribution in [0.3, 0.4) is 0 Å². The van der Waals surface area contributed by atoms with E-state index >= 15 is 0 Å². The summed E-state index contributed by atoms with van der Waals surface area (Å²) in [6, 6.07) is 9.99. The highest BCUT2D eigenvalue weighted by atomic mass is 35.5. The van der Waals surface area contributed by atoms with Crippen LogP contribution in [-0.4, -0.2) is 22.1 Å². The topological polar surface area (TPSA) is 67.0 Å². The third kappa shape index (κ3) is 4.31. The number of hydrogen-bond donors (Lipinski definition) is 2. The minimum absolute atomic E-state index is 0.137. The number of ether oxygens (including phenoxy) is 1. The van der Waals surface area contributed by atoms with Crippen LogP contribution in [0.2, 0.25) is 5.02 Å². The monoisotopic (exact) mass is 383 g/mol. The Morgan fingerprint density at radius 1 is 1.15 bits per heavy atom. The molecule has 2 N–H and O–H groups in total. The SMILES string of the molecule is O=c1[nH]ccc2cc(O[C@H]3CC[C@@H](NCc4ccncc4)CC3)c(Cl)cc12. The highest BCUT2D eigenvalue weighted by Gasteiger charge is 2.23. The number of aromatic nitrogens is 2. The van der Waals surface area contributed by atoms with Gasteiger partial charge in [-0.2, -0.15) is 0 Å². The predicted octanol–water partition coefficient (Wildman–Crippen LogP) is 4.06. The molecular weight excluding hydrogens is 362 g/mol. The Kier molecular flexibility index (Phi) is 5.41. The van der Waals surface area contributed by atoms with Gasteiger partial charge in [0, 0.05) is 36.6 Å². The summed E-state index contributed by atoms with van der Waals surface area (Å²) < 4.78 is 6.16. The number of benzene rings is 1. The van der Waals surface area contributed by atoms with Crippen LogP contribution in [0, 0.1) is 0 Å². The fraction of sp³-hybridized carbons (Fsp3) is 0.333. The molecule has 0 amide bonds. The van der Waals surface area contributed by atoms with Gasteiger partial charge in [-0.05, 0) is 67.0 Å². The Balaban J connectivity index is 1.34. The lowest BCUT2D eigenvalue weighted by Crippen LogP contribution is -2.36. The molecule has 0 atom stereocenters. The number of fused-ring (bicyclic) bond motifs is 1. The summed E-state index contributed by atoms with van der Waals surface area (Å²) in [5.74, 6) is 0.656. The second-order valence-corrected chi connectivity index (χ2v) is 7.41. The summed E-state index contributed by atoms with van der Waals surface area (Å²) >= 11 is 6.35. The van der Waals surface area contributed by atoms with Crippen LogP contribution < -0.4 is 15.6 Å². The summed E-state index contributed by atoms with van der Waals surface area (Å²) in [7, 11) is 0. The van der Waals surface area contributed by atoms with Crippen molar-refractivity contribution >= 4 is 22.4 Å². The van der Waals surface area contributed by atoms with E-state index in [9.17, 15) is 4.79 Å². The van der Waals surface area contributed by atoms with E-state index in [1.807, 2.05) is 36.7 Å². The lowest BCUT2D eigenvalue weighted by molar-refractivity contribution is 0.139. The summed E-state index contributed by atoms with van der Waals surface area (Å²) in [6.45, 7) is 0.865. The van der Waals surface area contributed by atoms with E-state index in [0.717, 1.165) is 37.6 Å². The van der Waals surface area contributed by atoms with Crippen LogP contribution in [0.15, 0.2) is 53.7 Å². The van der Waals surface area contributed by atoms with Gasteiger partial charge >= 0.3 is 0 Å². The van der Waals surface area contributed by atoms with Gasteiger partial charge in [0.25, 0.3) is 5.56 Å². The Bertz CT molecular complexity index is 966. The Hall–Kier alpha value is -2.37. The van der Waals surface area contributed by atoms with E-state index in [1.165, 1.54) is 5.56 Å². The summed E-state index contributed by atoms with van der Waals surface area (Å²) in [4.78, 5) is 18.6. The standard InChI is InChI=1S/C21H22ClN3O2/c22-19-12-18-15(7-10-24-21(18)26)11-20(19)27-17-3-1-16(2-4-17)25-13-14-5-8-23-9-6-14/h5-12,16-17,25H,1-4,13H2,(H,24,26)/t16-,17+. The first-order valence-electron chi connectivity index (χ1n) is 9.29. The first-order valence-corrected chi connectivity index (χ1v) is 9.67. The molecule has 0 spiro atoms. The fourth-order valence-corrected chi connectivity index (χ4v) is 3.81. The zero-order chi connectivity index (χ0) is 18.6. The molecule has 1 aromatic carbocycles. The Morgan fingerprint density at radius 3 is 2.70 bits per heavy atom. The number of halogens is 1. The van der Waals surface area contributed by atoms with Crippen molar-refractivity contribution in [1.29, 1.82) is 0 Å². The van der Waals surface area contributed by atoms with Crippen molar-refractivity contribution in [3.63, 3.8) is 0 Å². The normalized spacial score (nSPS) is 19.9. The summed E-state index contributed by atoms with van der Waals surface area (Å²) in [5.41, 5.74) is 1.11. The molecule has 0 saturated heterocycles. The first-order chi connectivity index (χ1) is 13.2. The van der Waals surface area contributed by atoms with Gasteiger partial charge in [0.2, 0.25) is 0 Å². The molecule has 0 bridgehead atoms. The molecular formula is C21H22ClN3O2. The molecule has 1 aliphatic carbocycles. The van der Waals surface area contributed by atoms with Gasteiger partial charge in [0.1, 0.15) is 5.75 Å². The van der Waals surface area contributed by atoms with Crippen LogP contribution in [0.5, 0.6) is 5.75 Å². The van der Waals surface area contributed by atoms with E-state index in [0.29, 0.717) is 22.2 Å². The molecule has 6 heteroatoms. The van der Waals surface area contributed by atoms with E-state index in [4.69, 9.17) is 16.3 Å². The van der Waals surface area contributed by atoms with E-state index in [-0.39, 0.29) is 11.7 Å². The number of hydrogen-bond acceptors (Lipinski definition) is 4. The van der Waals surface area contributed by atoms with Crippen LogP contribution in [0.1, 0.15) is 31.2 Å². The predicted molar refractivity (Wildman–Crippen MR) is 107 cm³/mol. The number of nitrogens with one attached hydrogen (secondary N) is 2. The van der Waals surface area contributed by atoms with Crippen molar-refractivity contribution < 1.29 is 4.74 Å². The van der Waals surface area contributed by atoms with Crippen molar-refractivity contribution in [1.82, 2.24) is 15.3 Å². The maximum Gasteiger partial charge on any atom is 0.255 e. The van der Waals surface area contributed by atoms with Gasteiger partial charge < -0.3 is 15.0 Å². The first kappa shape index (κ1) is 18.0. The second-order valence-electron chi connectivity index (χ2n) is 7.00. The van der Waals surface area contributed by atoms with Gasteiger partial charge in [-0.1, -0.05) is 11.6 Å². The molecule has 27 heavy (non-hydrogen) atoms. The molecule has 2 aromatic heterocycles. The lowest BCUT2D eigenvalue weighted by atomic mass is 9.92. The Morgan fingerprint density at radius 2 is 1.93 bits per heavy atom. The molecule has 1 saturated carbocycles. The molecule has 1 aliphatic rings. The Labute approximate surface area is 162 Å². The zero-order valence-electron chi connectivity index (χ0n) is 15.0. The van der Waals surface area contributed by atoms with Crippen LogP contribution in [0.25, 0.3) is 10.8 Å². The average Bonchev–Trinajstić information content (AvgIpc) is 2.70. The van der Waals surface area contributed by atoms with E-state index < -0.39 is 0 Å². The number of rotatable bonds is 5. The smallest absolute Gasteiger partial charge is 0.255 e. The maximum absolute atomic E-state index is 11.9. The minimum atomic E-state index is -0.137. The molecule has 1 fully saturated rings. The van der Waals surface area contributed by atoms with E-state index in [2.05, 4.69) is 15.3 Å². The van der Waals surface area contributed by atoms with Gasteiger partial charge in [-0.3, -0.25) is 9.78 Å². The quantitative estimate of drug-likeness (QED) is 0.697. The van der Waals surface area contributed by atoms with Crippen molar-refractivity contribution in [3.05, 3.63) is 69.9 Å². The van der Waals surface area contributed by atoms with Crippen molar-refractivity contribution in [2.45, 2.75) is 44.4 Å². The van der Waals surface area contributed by atoms with Gasteiger partial charge in [0.15, 0.2) is 0 Å². The van der Waals surface area contributed by atoms with Crippen molar-refractivity contribution in [3.8, 4) is 5.75 Å². The summed E-state index contributed by atoms with van der Waals surface area (Å²) in [5, 5.41) is 5.52. The maximum atomic E-state index is 11.9. The second kappa shape index (κ2) is 8.11. The van der Waals surface area contributed by atoms with Crippen LogP contribution in [0.4, 0.5) is 0 Å². The molecule has 0 radical (unpaired) electrons. The molecule has 4 rings (SSSR count). The van der Waals surface area contributed by atoms with Crippen molar-refractivity contribution in [2.75, 3.05) is 0 Å². The minimum Gasteiger partial charge on any atom is -0.489 e. The van der Waals surface area contributed by atoms with Gasteiger partial charge in [0.05, 0.1) is 11.1 Å². The molecule has 5 nitrogen and oxygen atoms in total. The summed E-state index contributed by atoms with van der Waals surface area (Å²) in [6.07, 6.45) is 9.55. The largest absolute Gasteiger partial charge is 0.489 e. The number of pyridine rings is 2. The third-order valence-corrected chi connectivity index (χ3v) is 5.43. The van der Waals surface area contributed by atoms with Crippen LogP contribution in [-0.2, 0) is 6.54 Å². The van der Waals surface area contributed by atoms with E-state index in [1.54, 1.807) is 12.3 Å². The highest BCUT2D eigenvalue weighted by molar-refractivity contribution is 6.32. The molecule has 3 aromatic rings. The molecule has 140 valence electrons. The molecule has 2 heterocycles. The molecule has 0 aliphatic heterocycles. The van der Waals surface area contributed by atoms with Crippen LogP contribution >= 0.6 is 11.6 Å². The fourth-order valence-electron chi connectivity index (χ4n) is 3.61. The lowest BCUT2D eigenvalue weighted by Gasteiger charge is -2.30. The highest BCUT2D eigenvalue weighted by Crippen LogP contribution is 2.32. The number of nitrogens with zero attached hydrogens (tertiary/aromatic N) is 1.